The molecule has 178 valence electrons. The molecule has 0 atom stereocenters. The zero-order chi connectivity index (χ0) is 24.2. The molecular weight excluding hydrogens is 456 g/mol. The summed E-state index contributed by atoms with van der Waals surface area (Å²) in [5, 5.41) is 2.97. The maximum Gasteiger partial charge on any atom is 0.264 e. The second-order valence-electron chi connectivity index (χ2n) is 8.02. The Morgan fingerprint density at radius 3 is 2.21 bits per heavy atom. The number of methoxy groups -OCH3 is 2. The smallest absolute Gasteiger partial charge is 0.264 e. The quantitative estimate of drug-likeness (QED) is 0.502. The minimum absolute atomic E-state index is 0.0158. The summed E-state index contributed by atoms with van der Waals surface area (Å²) in [6.45, 7) is 0. The van der Waals surface area contributed by atoms with E-state index in [4.69, 9.17) is 9.47 Å². The van der Waals surface area contributed by atoms with Gasteiger partial charge in [0.05, 0.1) is 24.5 Å². The molecule has 1 fully saturated rings. The minimum atomic E-state index is -3.86. The third-order valence-electron chi connectivity index (χ3n) is 6.04. The first kappa shape index (κ1) is 23.5. The molecule has 1 saturated carbocycles. The van der Waals surface area contributed by atoms with Crippen molar-refractivity contribution in [3.05, 3.63) is 66.5 Å². The van der Waals surface area contributed by atoms with E-state index >= 15 is 0 Å². The molecule has 4 rings (SSSR count). The van der Waals surface area contributed by atoms with Gasteiger partial charge in [0.15, 0.2) is 11.5 Å². The van der Waals surface area contributed by atoms with E-state index in [0.29, 0.717) is 30.0 Å². The summed E-state index contributed by atoms with van der Waals surface area (Å²) in [5.41, 5.74) is 0.675. The van der Waals surface area contributed by atoms with Crippen molar-refractivity contribution < 1.29 is 22.7 Å². The summed E-state index contributed by atoms with van der Waals surface area (Å²) in [4.78, 5) is 21.3. The summed E-state index contributed by atoms with van der Waals surface area (Å²) in [7, 11) is -0.719. The minimum Gasteiger partial charge on any atom is -0.493 e. The van der Waals surface area contributed by atoms with Crippen LogP contribution in [0.25, 0.3) is 0 Å². The Balaban J connectivity index is 1.54. The SMILES string of the molecule is COc1ccc(C2(C(=O)Nc3ccc(S(=O)(=O)Nc4ncccn4)cc3)CCCC2)cc1OC. The van der Waals surface area contributed by atoms with Crippen LogP contribution in [0.3, 0.4) is 0 Å². The van der Waals surface area contributed by atoms with Crippen LogP contribution in [0.2, 0.25) is 0 Å². The zero-order valence-electron chi connectivity index (χ0n) is 18.9. The summed E-state index contributed by atoms with van der Waals surface area (Å²) in [6.07, 6.45) is 6.18. The van der Waals surface area contributed by atoms with Gasteiger partial charge in [0.1, 0.15) is 0 Å². The summed E-state index contributed by atoms with van der Waals surface area (Å²) in [5.74, 6) is 1.02. The number of ether oxygens (including phenoxy) is 2. The molecule has 1 aliphatic carbocycles. The fraction of sp³-hybridized carbons (Fsp3) is 0.292. The first-order valence-electron chi connectivity index (χ1n) is 10.8. The van der Waals surface area contributed by atoms with Gasteiger partial charge in [0.2, 0.25) is 11.9 Å². The molecule has 1 amide bonds. The van der Waals surface area contributed by atoms with Crippen molar-refractivity contribution in [3.63, 3.8) is 0 Å². The molecule has 3 aromatic rings. The van der Waals surface area contributed by atoms with Gasteiger partial charge in [0.25, 0.3) is 10.0 Å². The monoisotopic (exact) mass is 482 g/mol. The van der Waals surface area contributed by atoms with Crippen LogP contribution in [0.1, 0.15) is 31.2 Å². The lowest BCUT2D eigenvalue weighted by Crippen LogP contribution is -2.38. The lowest BCUT2D eigenvalue weighted by atomic mass is 9.77. The fourth-order valence-corrected chi connectivity index (χ4v) is 5.22. The number of nitrogens with one attached hydrogen (secondary N) is 2. The highest BCUT2D eigenvalue weighted by atomic mass is 32.2. The molecule has 1 heterocycles. The fourth-order valence-electron chi connectivity index (χ4n) is 4.26. The van der Waals surface area contributed by atoms with Gasteiger partial charge >= 0.3 is 0 Å². The first-order chi connectivity index (χ1) is 16.4. The highest BCUT2D eigenvalue weighted by molar-refractivity contribution is 7.92. The Morgan fingerprint density at radius 1 is 0.941 bits per heavy atom. The van der Waals surface area contributed by atoms with E-state index < -0.39 is 15.4 Å². The van der Waals surface area contributed by atoms with E-state index in [2.05, 4.69) is 20.0 Å². The second kappa shape index (κ2) is 9.68. The number of sulfonamides is 1. The maximum atomic E-state index is 13.5. The average molecular weight is 483 g/mol. The van der Waals surface area contributed by atoms with E-state index in [1.807, 2.05) is 18.2 Å². The van der Waals surface area contributed by atoms with Crippen molar-refractivity contribution in [3.8, 4) is 11.5 Å². The van der Waals surface area contributed by atoms with Crippen LogP contribution in [-0.4, -0.2) is 38.5 Å². The van der Waals surface area contributed by atoms with Gasteiger partial charge in [-0.25, -0.2) is 23.1 Å². The van der Waals surface area contributed by atoms with Crippen LogP contribution in [0.4, 0.5) is 11.6 Å². The molecule has 34 heavy (non-hydrogen) atoms. The van der Waals surface area contributed by atoms with Crippen molar-refractivity contribution in [1.82, 2.24) is 9.97 Å². The predicted octanol–water partition coefficient (Wildman–Crippen LogP) is 3.75. The number of rotatable bonds is 8. The molecule has 2 aromatic carbocycles. The van der Waals surface area contributed by atoms with E-state index in [-0.39, 0.29) is 16.8 Å². The molecule has 0 bridgehead atoms. The number of aromatic nitrogens is 2. The number of hydrogen-bond donors (Lipinski definition) is 2. The first-order valence-corrected chi connectivity index (χ1v) is 12.3. The Morgan fingerprint density at radius 2 is 1.59 bits per heavy atom. The Kier molecular flexibility index (Phi) is 6.69. The van der Waals surface area contributed by atoms with E-state index in [9.17, 15) is 13.2 Å². The molecule has 10 heteroatoms. The van der Waals surface area contributed by atoms with E-state index in [0.717, 1.165) is 18.4 Å². The molecule has 0 spiro atoms. The highest BCUT2D eigenvalue weighted by Gasteiger charge is 2.43. The molecular formula is C24H26N4O5S. The number of carbonyl (C=O) groups excluding carboxylic acids is 1. The number of hydrogen-bond acceptors (Lipinski definition) is 7. The predicted molar refractivity (Wildman–Crippen MR) is 128 cm³/mol. The summed E-state index contributed by atoms with van der Waals surface area (Å²) < 4.78 is 38.3. The lowest BCUT2D eigenvalue weighted by Gasteiger charge is -2.29. The maximum absolute atomic E-state index is 13.5. The van der Waals surface area contributed by atoms with Crippen LogP contribution < -0.4 is 19.5 Å². The van der Waals surface area contributed by atoms with Crippen LogP contribution in [0.15, 0.2) is 65.8 Å². The molecule has 1 aliphatic rings. The van der Waals surface area contributed by atoms with Crippen molar-refractivity contribution in [2.45, 2.75) is 36.0 Å². The van der Waals surface area contributed by atoms with Gasteiger partial charge < -0.3 is 14.8 Å². The number of anilines is 2. The third-order valence-corrected chi connectivity index (χ3v) is 7.39. The third kappa shape index (κ3) is 4.67. The molecule has 0 aliphatic heterocycles. The van der Waals surface area contributed by atoms with Crippen LogP contribution in [0.5, 0.6) is 11.5 Å². The molecule has 9 nitrogen and oxygen atoms in total. The van der Waals surface area contributed by atoms with Gasteiger partial charge in [-0.05, 0) is 60.9 Å². The van der Waals surface area contributed by atoms with Gasteiger partial charge in [-0.15, -0.1) is 0 Å². The molecule has 0 unspecified atom stereocenters. The van der Waals surface area contributed by atoms with Crippen molar-refractivity contribution in [2.24, 2.45) is 0 Å². The van der Waals surface area contributed by atoms with Gasteiger partial charge in [-0.1, -0.05) is 18.9 Å². The normalized spacial score (nSPS) is 14.9. The number of benzene rings is 2. The molecule has 1 aromatic heterocycles. The molecule has 2 N–H and O–H groups in total. The second-order valence-corrected chi connectivity index (χ2v) is 9.70. The lowest BCUT2D eigenvalue weighted by molar-refractivity contribution is -0.121. The van der Waals surface area contributed by atoms with Crippen LogP contribution >= 0.6 is 0 Å². The Bertz CT molecular complexity index is 1260. The zero-order valence-corrected chi connectivity index (χ0v) is 19.8. The Hall–Kier alpha value is -3.66. The van der Waals surface area contributed by atoms with Crippen LogP contribution in [0, 0.1) is 0 Å². The van der Waals surface area contributed by atoms with Crippen LogP contribution in [-0.2, 0) is 20.2 Å². The van der Waals surface area contributed by atoms with E-state index in [1.165, 1.54) is 24.5 Å². The van der Waals surface area contributed by atoms with Crippen molar-refractivity contribution in [1.29, 1.82) is 0 Å². The summed E-state index contributed by atoms with van der Waals surface area (Å²) in [6, 6.07) is 13.2. The van der Waals surface area contributed by atoms with Gasteiger partial charge in [0, 0.05) is 18.1 Å². The van der Waals surface area contributed by atoms with E-state index in [1.54, 1.807) is 32.4 Å². The molecule has 0 radical (unpaired) electrons. The number of amides is 1. The van der Waals surface area contributed by atoms with Crippen molar-refractivity contribution >= 4 is 27.6 Å². The van der Waals surface area contributed by atoms with Gasteiger partial charge in [-0.3, -0.25) is 4.79 Å². The van der Waals surface area contributed by atoms with Gasteiger partial charge in [-0.2, -0.15) is 0 Å². The average Bonchev–Trinajstić information content (AvgIpc) is 3.36. The standard InChI is InChI=1S/C24H26N4O5S/c1-32-20-11-6-17(16-21(20)33-2)24(12-3-4-13-24)22(29)27-18-7-9-19(10-8-18)34(30,31)28-23-25-14-5-15-26-23/h5-11,14-16H,3-4,12-13H2,1-2H3,(H,27,29)(H,25,26,28). The summed E-state index contributed by atoms with van der Waals surface area (Å²) >= 11 is 0. The number of carbonyl (C=O) groups is 1. The highest BCUT2D eigenvalue weighted by Crippen LogP contribution is 2.44. The topological polar surface area (TPSA) is 120 Å². The van der Waals surface area contributed by atoms with Crippen molar-refractivity contribution in [2.75, 3.05) is 24.3 Å². The Labute approximate surface area is 198 Å². The number of nitrogens with zero attached hydrogens (tertiary/aromatic N) is 2. The molecule has 0 saturated heterocycles. The largest absolute Gasteiger partial charge is 0.493 e.